The molecule has 0 aliphatic carbocycles. The molecule has 0 heterocycles. The van der Waals surface area contributed by atoms with Crippen LogP contribution < -0.4 is 10.6 Å². The lowest BCUT2D eigenvalue weighted by Crippen LogP contribution is -2.37. The zero-order valence-corrected chi connectivity index (χ0v) is 13.3. The van der Waals surface area contributed by atoms with Crippen molar-refractivity contribution in [3.63, 3.8) is 0 Å². The summed E-state index contributed by atoms with van der Waals surface area (Å²) >= 11 is 0. The number of aliphatic hydroxyl groups excluding tert-OH is 1. The Bertz CT molecular complexity index is 718. The Labute approximate surface area is 143 Å². The molecule has 25 heavy (non-hydrogen) atoms. The molecule has 0 aliphatic heterocycles. The topological polar surface area (TPSA) is 78.4 Å². The molecule has 1 unspecified atom stereocenters. The number of anilines is 1. The van der Waals surface area contributed by atoms with Crippen molar-refractivity contribution in [1.29, 1.82) is 0 Å². The van der Waals surface area contributed by atoms with Gasteiger partial charge in [-0.3, -0.25) is 9.59 Å². The van der Waals surface area contributed by atoms with Gasteiger partial charge in [-0.25, -0.2) is 8.78 Å². The van der Waals surface area contributed by atoms with Crippen LogP contribution in [0.4, 0.5) is 14.5 Å². The minimum absolute atomic E-state index is 0.0653. The maximum Gasteiger partial charge on any atom is 0.313 e. The quantitative estimate of drug-likeness (QED) is 0.700. The van der Waals surface area contributed by atoms with Crippen molar-refractivity contribution < 1.29 is 23.5 Å². The van der Waals surface area contributed by atoms with Crippen molar-refractivity contribution in [2.24, 2.45) is 0 Å². The van der Waals surface area contributed by atoms with Crippen LogP contribution in [0.3, 0.4) is 0 Å². The van der Waals surface area contributed by atoms with Crippen molar-refractivity contribution in [3.05, 3.63) is 65.7 Å². The normalized spacial score (nSPS) is 11.6. The molecule has 0 aromatic heterocycles. The van der Waals surface area contributed by atoms with Crippen molar-refractivity contribution in [2.45, 2.75) is 12.3 Å². The van der Waals surface area contributed by atoms with E-state index in [0.29, 0.717) is 12.5 Å². The molecular weight excluding hydrogens is 330 g/mol. The van der Waals surface area contributed by atoms with Gasteiger partial charge in [0.1, 0.15) is 11.6 Å². The van der Waals surface area contributed by atoms with Crippen LogP contribution in [0.5, 0.6) is 0 Å². The summed E-state index contributed by atoms with van der Waals surface area (Å²) < 4.78 is 26.2. The third-order valence-electron chi connectivity index (χ3n) is 3.58. The minimum Gasteiger partial charge on any atom is -0.396 e. The molecule has 2 aromatic carbocycles. The molecule has 0 spiro atoms. The van der Waals surface area contributed by atoms with Gasteiger partial charge in [-0.1, -0.05) is 30.3 Å². The highest BCUT2D eigenvalue weighted by atomic mass is 19.1. The first kappa shape index (κ1) is 18.5. The number of halogens is 2. The zero-order chi connectivity index (χ0) is 18.2. The van der Waals surface area contributed by atoms with Gasteiger partial charge in [0.05, 0.1) is 0 Å². The van der Waals surface area contributed by atoms with E-state index in [1.807, 2.05) is 30.3 Å². The zero-order valence-electron chi connectivity index (χ0n) is 13.3. The standard InChI is InChI=1S/C18H18F2N2O3/c19-14-8-15(20)10-16(9-14)22-18(25)17(24)21-11-13(6-7-23)12-4-2-1-3-5-12/h1-5,8-10,13,23H,6-7,11H2,(H,21,24)(H,22,25). The maximum atomic E-state index is 13.1. The summed E-state index contributed by atoms with van der Waals surface area (Å²) in [6, 6.07) is 11.7. The molecule has 1 atom stereocenters. The Morgan fingerprint density at radius 1 is 1.00 bits per heavy atom. The van der Waals surface area contributed by atoms with E-state index in [1.165, 1.54) is 0 Å². The van der Waals surface area contributed by atoms with Crippen LogP contribution in [0.25, 0.3) is 0 Å². The van der Waals surface area contributed by atoms with E-state index in [9.17, 15) is 18.4 Å². The Morgan fingerprint density at radius 3 is 2.24 bits per heavy atom. The number of benzene rings is 2. The average Bonchev–Trinajstić information content (AvgIpc) is 2.58. The number of amides is 2. The van der Waals surface area contributed by atoms with Gasteiger partial charge in [0.2, 0.25) is 0 Å². The van der Waals surface area contributed by atoms with Gasteiger partial charge in [-0.15, -0.1) is 0 Å². The Hall–Kier alpha value is -2.80. The molecule has 0 radical (unpaired) electrons. The molecule has 5 nitrogen and oxygen atoms in total. The fourth-order valence-electron chi connectivity index (χ4n) is 2.38. The highest BCUT2D eigenvalue weighted by Crippen LogP contribution is 2.18. The van der Waals surface area contributed by atoms with Crippen LogP contribution >= 0.6 is 0 Å². The van der Waals surface area contributed by atoms with E-state index in [1.54, 1.807) is 0 Å². The summed E-state index contributed by atoms with van der Waals surface area (Å²) in [5.74, 6) is -3.83. The summed E-state index contributed by atoms with van der Waals surface area (Å²) in [4.78, 5) is 23.7. The van der Waals surface area contributed by atoms with Gasteiger partial charge in [0.15, 0.2) is 0 Å². The molecule has 0 saturated carbocycles. The smallest absolute Gasteiger partial charge is 0.313 e. The molecule has 3 N–H and O–H groups in total. The van der Waals surface area contributed by atoms with Crippen molar-refractivity contribution in [2.75, 3.05) is 18.5 Å². The lowest BCUT2D eigenvalue weighted by Gasteiger charge is -2.17. The summed E-state index contributed by atoms with van der Waals surface area (Å²) in [5, 5.41) is 13.8. The second-order valence-corrected chi connectivity index (χ2v) is 5.44. The molecule has 2 amide bonds. The first-order valence-corrected chi connectivity index (χ1v) is 7.70. The van der Waals surface area contributed by atoms with Gasteiger partial charge in [-0.2, -0.15) is 0 Å². The van der Waals surface area contributed by atoms with E-state index in [2.05, 4.69) is 10.6 Å². The molecule has 132 valence electrons. The fourth-order valence-corrected chi connectivity index (χ4v) is 2.38. The average molecular weight is 348 g/mol. The van der Waals surface area contributed by atoms with Gasteiger partial charge < -0.3 is 15.7 Å². The SMILES string of the molecule is O=C(NCC(CCO)c1ccccc1)C(=O)Nc1cc(F)cc(F)c1. The number of hydrogen-bond acceptors (Lipinski definition) is 3. The molecule has 0 saturated heterocycles. The number of carbonyl (C=O) groups is 2. The van der Waals surface area contributed by atoms with Crippen molar-refractivity contribution in [1.82, 2.24) is 5.32 Å². The summed E-state index contributed by atoms with van der Waals surface area (Å²) in [7, 11) is 0. The van der Waals surface area contributed by atoms with Crippen molar-refractivity contribution >= 4 is 17.5 Å². The minimum atomic E-state index is -1.03. The van der Waals surface area contributed by atoms with Crippen LogP contribution in [-0.2, 0) is 9.59 Å². The van der Waals surface area contributed by atoms with E-state index in [4.69, 9.17) is 5.11 Å². The summed E-state index contributed by atoms with van der Waals surface area (Å²) in [6.45, 7) is 0.0819. The number of aliphatic hydroxyl groups is 1. The Balaban J connectivity index is 1.94. The lowest BCUT2D eigenvalue weighted by atomic mass is 9.96. The second kappa shape index (κ2) is 8.89. The van der Waals surface area contributed by atoms with Crippen LogP contribution in [0.1, 0.15) is 17.9 Å². The third-order valence-corrected chi connectivity index (χ3v) is 3.58. The van der Waals surface area contributed by atoms with Gasteiger partial charge >= 0.3 is 11.8 Å². The van der Waals surface area contributed by atoms with Crippen molar-refractivity contribution in [3.8, 4) is 0 Å². The maximum absolute atomic E-state index is 13.1. The van der Waals surface area contributed by atoms with E-state index >= 15 is 0 Å². The number of carbonyl (C=O) groups excluding carboxylic acids is 2. The molecule has 0 bridgehead atoms. The number of rotatable bonds is 6. The monoisotopic (exact) mass is 348 g/mol. The molecule has 7 heteroatoms. The lowest BCUT2D eigenvalue weighted by molar-refractivity contribution is -0.136. The number of hydrogen-bond donors (Lipinski definition) is 3. The van der Waals surface area contributed by atoms with Crippen LogP contribution in [-0.4, -0.2) is 30.1 Å². The summed E-state index contributed by atoms with van der Waals surface area (Å²) in [5.41, 5.74) is 0.775. The Morgan fingerprint density at radius 2 is 1.64 bits per heavy atom. The number of nitrogens with one attached hydrogen (secondary N) is 2. The second-order valence-electron chi connectivity index (χ2n) is 5.44. The molecule has 2 aromatic rings. The first-order valence-electron chi connectivity index (χ1n) is 7.70. The highest BCUT2D eigenvalue weighted by Gasteiger charge is 2.17. The largest absolute Gasteiger partial charge is 0.396 e. The van der Waals surface area contributed by atoms with E-state index in [-0.39, 0.29) is 24.8 Å². The van der Waals surface area contributed by atoms with E-state index < -0.39 is 23.4 Å². The van der Waals surface area contributed by atoms with Gasteiger partial charge in [0, 0.05) is 30.8 Å². The molecular formula is C18H18F2N2O3. The molecule has 0 aliphatic rings. The first-order chi connectivity index (χ1) is 12.0. The Kier molecular flexibility index (Phi) is 6.59. The van der Waals surface area contributed by atoms with Crippen LogP contribution in [0.2, 0.25) is 0 Å². The van der Waals surface area contributed by atoms with E-state index in [0.717, 1.165) is 17.7 Å². The molecule has 0 fully saturated rings. The van der Waals surface area contributed by atoms with Gasteiger partial charge in [0.25, 0.3) is 0 Å². The van der Waals surface area contributed by atoms with Crippen LogP contribution in [0.15, 0.2) is 48.5 Å². The predicted molar refractivity (Wildman–Crippen MR) is 88.9 cm³/mol. The highest BCUT2D eigenvalue weighted by molar-refractivity contribution is 6.39. The van der Waals surface area contributed by atoms with Gasteiger partial charge in [-0.05, 0) is 24.1 Å². The summed E-state index contributed by atoms with van der Waals surface area (Å²) in [6.07, 6.45) is 0.418. The predicted octanol–water partition coefficient (Wildman–Crippen LogP) is 2.19. The fraction of sp³-hybridized carbons (Fsp3) is 0.222. The third kappa shape index (κ3) is 5.65. The molecule has 2 rings (SSSR count). The van der Waals surface area contributed by atoms with Crippen LogP contribution in [0, 0.1) is 11.6 Å².